The van der Waals surface area contributed by atoms with Gasteiger partial charge in [-0.1, -0.05) is 23.5 Å². The summed E-state index contributed by atoms with van der Waals surface area (Å²) in [5.74, 6) is 1.84. The van der Waals surface area contributed by atoms with Crippen LogP contribution in [0.2, 0.25) is 18.7 Å². The molecule has 13 nitrogen and oxygen atoms in total. The molecule has 0 saturated carbocycles. The van der Waals surface area contributed by atoms with E-state index in [4.69, 9.17) is 37.6 Å². The molecular weight excluding hydrogens is 509 g/mol. The van der Waals surface area contributed by atoms with Gasteiger partial charge in [-0.25, -0.2) is 0 Å². The molecule has 3 rings (SSSR count). The quantitative estimate of drug-likeness (QED) is 0.198. The van der Waals surface area contributed by atoms with Gasteiger partial charge in [-0.3, -0.25) is 0 Å². The third-order valence-electron chi connectivity index (χ3n) is 3.02. The number of nitrogens with one attached hydrogen (secondary N) is 2. The molecule has 31 heavy (non-hydrogen) atoms. The van der Waals surface area contributed by atoms with Crippen molar-refractivity contribution in [3.05, 3.63) is 15.9 Å². The van der Waals surface area contributed by atoms with Gasteiger partial charge < -0.3 is 22.1 Å². The minimum absolute atomic E-state index is 0.000393. The normalized spacial score (nSPS) is 11.5. The van der Waals surface area contributed by atoms with Crippen LogP contribution >= 0.6 is 58.3 Å². The summed E-state index contributed by atoms with van der Waals surface area (Å²) >= 11 is 20.2. The van der Waals surface area contributed by atoms with Crippen molar-refractivity contribution in [3.8, 4) is 0 Å². The average molecular weight is 525 g/mol. The summed E-state index contributed by atoms with van der Waals surface area (Å²) in [4.78, 5) is 35.8. The van der Waals surface area contributed by atoms with E-state index in [-0.39, 0.29) is 27.7 Å². The molecule has 0 unspecified atom stereocenters. The van der Waals surface area contributed by atoms with Gasteiger partial charge in [0.05, 0.1) is 0 Å². The number of halogens is 3. The number of nitrogen functional groups attached to an aromatic ring is 2. The van der Waals surface area contributed by atoms with E-state index in [0.29, 0.717) is 46.8 Å². The van der Waals surface area contributed by atoms with Gasteiger partial charge in [-0.05, 0) is 34.8 Å². The number of thioether (sulfide) groups is 2. The molecule has 164 valence electrons. The molecule has 0 aliphatic carbocycles. The maximum absolute atomic E-state index is 7.08. The highest BCUT2D eigenvalue weighted by atomic mass is 35.5. The molecule has 3 heterocycles. The second-order valence-electron chi connectivity index (χ2n) is 5.22. The van der Waals surface area contributed by atoms with Crippen molar-refractivity contribution in [2.24, 2.45) is 0 Å². The predicted molar refractivity (Wildman–Crippen MR) is 122 cm³/mol. The molecule has 6 N–H and O–H groups in total. The molecule has 0 bridgehead atoms. The minimum Gasteiger partial charge on any atom is -0.368 e. The first-order valence-electron chi connectivity index (χ1n) is 9.28. The maximum Gasteiger partial charge on any atom is 0.228 e. The largest absolute Gasteiger partial charge is 0.368 e. The zero-order valence-electron chi connectivity index (χ0n) is 17.3. The third kappa shape index (κ3) is 8.10. The number of nitrogens with two attached hydrogens (primary N) is 2. The highest BCUT2D eigenvalue weighted by Gasteiger charge is 2.07. The third-order valence-corrected chi connectivity index (χ3v) is 5.22. The summed E-state index contributed by atoms with van der Waals surface area (Å²) in [6.07, 6.45) is 0. The van der Waals surface area contributed by atoms with Crippen molar-refractivity contribution in [2.45, 2.75) is 10.3 Å². The zero-order chi connectivity index (χ0) is 23.6. The fourth-order valence-corrected chi connectivity index (χ4v) is 3.87. The fourth-order valence-electron chi connectivity index (χ4n) is 1.91. The number of nitrogens with zero attached hydrogens (tertiary/aromatic N) is 9. The minimum atomic E-state index is 0.000393. The summed E-state index contributed by atoms with van der Waals surface area (Å²) in [6, 6.07) is 0. The van der Waals surface area contributed by atoms with Gasteiger partial charge in [-0.15, -0.1) is 0 Å². The topological polar surface area (TPSA) is 192 Å². The lowest BCUT2D eigenvalue weighted by Crippen LogP contribution is -2.13. The molecular formula is C13H14Cl3N13S2. The van der Waals surface area contributed by atoms with Crippen molar-refractivity contribution < 1.29 is 2.82 Å². The predicted octanol–water partition coefficient (Wildman–Crippen LogP) is 1.77. The number of hydrogen-bond donors (Lipinski definition) is 4. The lowest BCUT2D eigenvalue weighted by atomic mass is 10.7. The van der Waals surface area contributed by atoms with E-state index in [2.05, 4.69) is 66.9 Å². The molecule has 0 fully saturated rings. The number of hydrogen-bond acceptors (Lipinski definition) is 15. The molecule has 0 atom stereocenters. The molecule has 0 saturated heterocycles. The molecule has 0 aliphatic rings. The SMILES string of the molecule is [2H]Nc1nc(Cl)nc(SCCNc2nc(Cl)nc(NCCSc3nc(Cl)nc(N[2H])n3)n2)n1. The molecule has 18 heteroatoms. The first kappa shape index (κ1) is 20.7. The standard InChI is InChI=1S/C13H14Cl3N13S2/c14-5-21-8(17)27-12(25-5)30-3-1-19-10-23-7(16)24-11(29-10)20-2-4-31-13-26-6(15)22-9(18)28-13/h1-4H2,(H2,17,21,25,27)(H2,18,22,26,28)(H2,19,20,23,24,29)/i/hD2. The average Bonchev–Trinajstić information content (AvgIpc) is 2.78. The highest BCUT2D eigenvalue weighted by molar-refractivity contribution is 7.99. The van der Waals surface area contributed by atoms with Crippen molar-refractivity contribution in [1.29, 1.82) is 0 Å². The first-order valence-corrected chi connectivity index (χ1v) is 11.4. The lowest BCUT2D eigenvalue weighted by Gasteiger charge is -2.08. The molecule has 0 aliphatic heterocycles. The van der Waals surface area contributed by atoms with Gasteiger partial charge in [0.1, 0.15) is 0 Å². The second-order valence-corrected chi connectivity index (χ2v) is 8.36. The van der Waals surface area contributed by atoms with Crippen molar-refractivity contribution in [1.82, 2.24) is 44.9 Å². The first-order chi connectivity index (χ1) is 15.9. The number of aromatic nitrogens is 9. The van der Waals surface area contributed by atoms with Crippen LogP contribution < -0.4 is 22.1 Å². The Morgan fingerprint density at radius 1 is 0.645 bits per heavy atom. The van der Waals surface area contributed by atoms with E-state index in [1.807, 2.05) is 0 Å². The van der Waals surface area contributed by atoms with Gasteiger partial charge >= 0.3 is 0 Å². The van der Waals surface area contributed by atoms with E-state index in [9.17, 15) is 0 Å². The molecule has 0 spiro atoms. The Kier molecular flexibility index (Phi) is 7.63. The van der Waals surface area contributed by atoms with E-state index < -0.39 is 0 Å². The Morgan fingerprint density at radius 3 is 1.55 bits per heavy atom. The van der Waals surface area contributed by atoms with E-state index in [0.717, 1.165) is 0 Å². The van der Waals surface area contributed by atoms with Crippen LogP contribution in [0.3, 0.4) is 0 Å². The molecule has 0 amide bonds. The van der Waals surface area contributed by atoms with Gasteiger partial charge in [-0.2, -0.15) is 44.9 Å². The summed E-state index contributed by atoms with van der Waals surface area (Å²) in [5, 5.41) is 6.87. The van der Waals surface area contributed by atoms with Crippen LogP contribution in [0.5, 0.6) is 0 Å². The molecule has 0 aromatic carbocycles. The van der Waals surface area contributed by atoms with Crippen LogP contribution in [-0.2, 0) is 0 Å². The van der Waals surface area contributed by atoms with Crippen LogP contribution in [0.15, 0.2) is 10.3 Å². The second kappa shape index (κ2) is 11.4. The van der Waals surface area contributed by atoms with Crippen LogP contribution in [0.4, 0.5) is 23.8 Å². The Hall–Kier alpha value is -2.20. The highest BCUT2D eigenvalue weighted by Crippen LogP contribution is 2.17. The Balaban J connectivity index is 1.45. The van der Waals surface area contributed by atoms with Gasteiger partial charge in [0, 0.05) is 24.6 Å². The van der Waals surface area contributed by atoms with Gasteiger partial charge in [0.25, 0.3) is 0 Å². The lowest BCUT2D eigenvalue weighted by molar-refractivity contribution is 0.915. The van der Waals surface area contributed by atoms with Crippen LogP contribution in [0.1, 0.15) is 0 Å². The molecule has 0 radical (unpaired) electrons. The summed E-state index contributed by atoms with van der Waals surface area (Å²) in [5.41, 5.74) is 4.15. The Labute approximate surface area is 202 Å². The summed E-state index contributed by atoms with van der Waals surface area (Å²) in [6.45, 7) is 0.944. The Bertz CT molecular complexity index is 1010. The summed E-state index contributed by atoms with van der Waals surface area (Å²) < 4.78 is 14.2. The monoisotopic (exact) mass is 523 g/mol. The zero-order valence-corrected chi connectivity index (χ0v) is 19.2. The summed E-state index contributed by atoms with van der Waals surface area (Å²) in [7, 11) is 0. The van der Waals surface area contributed by atoms with Crippen molar-refractivity contribution >= 4 is 82.1 Å². The Morgan fingerprint density at radius 2 is 1.10 bits per heavy atom. The van der Waals surface area contributed by atoms with Crippen LogP contribution in [-0.4, -0.2) is 69.5 Å². The van der Waals surface area contributed by atoms with Crippen molar-refractivity contribution in [3.63, 3.8) is 0 Å². The van der Waals surface area contributed by atoms with Gasteiger partial charge in [0.15, 0.2) is 13.1 Å². The fraction of sp³-hybridized carbons (Fsp3) is 0.308. The van der Waals surface area contributed by atoms with E-state index in [1.54, 1.807) is 0 Å². The molecule has 3 aromatic rings. The van der Waals surface area contributed by atoms with Crippen molar-refractivity contribution in [2.75, 3.05) is 46.7 Å². The van der Waals surface area contributed by atoms with Crippen LogP contribution in [0, 0.1) is 0 Å². The maximum atomic E-state index is 7.08. The van der Waals surface area contributed by atoms with Crippen LogP contribution in [0.25, 0.3) is 0 Å². The smallest absolute Gasteiger partial charge is 0.228 e. The van der Waals surface area contributed by atoms with Gasteiger partial charge in [0.2, 0.25) is 39.6 Å². The number of anilines is 4. The molecule has 3 aromatic heterocycles. The van der Waals surface area contributed by atoms with E-state index in [1.165, 1.54) is 23.5 Å². The number of rotatable bonds is 12. The van der Waals surface area contributed by atoms with E-state index >= 15 is 0 Å².